The van der Waals surface area contributed by atoms with E-state index in [4.69, 9.17) is 5.84 Å². The van der Waals surface area contributed by atoms with Crippen molar-refractivity contribution in [2.75, 3.05) is 0 Å². The first-order valence-corrected chi connectivity index (χ1v) is 6.33. The normalized spacial score (nSPS) is 12.7. The highest BCUT2D eigenvalue weighted by Crippen LogP contribution is 2.23. The van der Waals surface area contributed by atoms with E-state index in [1.165, 1.54) is 16.7 Å². The fourth-order valence-electron chi connectivity index (χ4n) is 2.10. The molecule has 0 saturated carbocycles. The molecule has 1 atom stereocenters. The van der Waals surface area contributed by atoms with Gasteiger partial charge in [-0.25, -0.2) is 5.43 Å². The van der Waals surface area contributed by atoms with Gasteiger partial charge in [0, 0.05) is 0 Å². The SMILES string of the molecule is CC(C)c1ccc(C(NN)c2ccccc2)cc1. The van der Waals surface area contributed by atoms with Crippen LogP contribution in [0.1, 0.15) is 42.5 Å². The van der Waals surface area contributed by atoms with Gasteiger partial charge in [-0.3, -0.25) is 5.84 Å². The van der Waals surface area contributed by atoms with Crippen molar-refractivity contribution in [3.8, 4) is 0 Å². The molecule has 2 aromatic rings. The Balaban J connectivity index is 2.28. The Morgan fingerprint density at radius 1 is 0.778 bits per heavy atom. The van der Waals surface area contributed by atoms with Crippen LogP contribution in [0.3, 0.4) is 0 Å². The molecule has 18 heavy (non-hydrogen) atoms. The van der Waals surface area contributed by atoms with Crippen LogP contribution in [0, 0.1) is 0 Å². The van der Waals surface area contributed by atoms with E-state index in [9.17, 15) is 0 Å². The number of hydrogen-bond acceptors (Lipinski definition) is 2. The molecule has 2 nitrogen and oxygen atoms in total. The lowest BCUT2D eigenvalue weighted by atomic mass is 9.96. The second-order valence-electron chi connectivity index (χ2n) is 4.83. The molecule has 0 fully saturated rings. The van der Waals surface area contributed by atoms with E-state index < -0.39 is 0 Å². The van der Waals surface area contributed by atoms with E-state index in [1.807, 2.05) is 18.2 Å². The Morgan fingerprint density at radius 3 is 1.78 bits per heavy atom. The molecule has 0 aliphatic carbocycles. The molecule has 1 unspecified atom stereocenters. The summed E-state index contributed by atoms with van der Waals surface area (Å²) < 4.78 is 0. The van der Waals surface area contributed by atoms with Crippen LogP contribution in [0.5, 0.6) is 0 Å². The van der Waals surface area contributed by atoms with Crippen LogP contribution >= 0.6 is 0 Å². The van der Waals surface area contributed by atoms with Crippen LogP contribution in [-0.4, -0.2) is 0 Å². The summed E-state index contributed by atoms with van der Waals surface area (Å²) in [6, 6.07) is 18.9. The van der Waals surface area contributed by atoms with E-state index in [-0.39, 0.29) is 6.04 Å². The third-order valence-electron chi connectivity index (χ3n) is 3.24. The van der Waals surface area contributed by atoms with Crippen LogP contribution < -0.4 is 11.3 Å². The molecule has 94 valence electrons. The summed E-state index contributed by atoms with van der Waals surface area (Å²) in [6.45, 7) is 4.40. The molecule has 0 radical (unpaired) electrons. The molecule has 0 amide bonds. The van der Waals surface area contributed by atoms with Crippen LogP contribution in [0.4, 0.5) is 0 Å². The molecule has 0 aromatic heterocycles. The lowest BCUT2D eigenvalue weighted by molar-refractivity contribution is 0.636. The quantitative estimate of drug-likeness (QED) is 0.635. The van der Waals surface area contributed by atoms with Crippen molar-refractivity contribution >= 4 is 0 Å². The first-order chi connectivity index (χ1) is 8.72. The van der Waals surface area contributed by atoms with Gasteiger partial charge in [-0.05, 0) is 22.6 Å². The minimum Gasteiger partial charge on any atom is -0.271 e. The molecule has 0 aliphatic heterocycles. The lowest BCUT2D eigenvalue weighted by Crippen LogP contribution is -2.28. The number of nitrogens with one attached hydrogen (secondary N) is 1. The minimum atomic E-state index is 0.0485. The van der Waals surface area contributed by atoms with Crippen LogP contribution in [-0.2, 0) is 0 Å². The summed E-state index contributed by atoms with van der Waals surface area (Å²) in [6.07, 6.45) is 0. The highest BCUT2D eigenvalue weighted by Gasteiger charge is 2.11. The fourth-order valence-corrected chi connectivity index (χ4v) is 2.10. The Bertz CT molecular complexity index is 474. The molecule has 3 N–H and O–H groups in total. The van der Waals surface area contributed by atoms with Crippen molar-refractivity contribution in [1.82, 2.24) is 5.43 Å². The maximum absolute atomic E-state index is 5.68. The predicted octanol–water partition coefficient (Wildman–Crippen LogP) is 3.36. The van der Waals surface area contributed by atoms with Gasteiger partial charge in [0.25, 0.3) is 0 Å². The summed E-state index contributed by atoms with van der Waals surface area (Å²) >= 11 is 0. The fraction of sp³-hybridized carbons (Fsp3) is 0.250. The molecule has 2 heteroatoms. The topological polar surface area (TPSA) is 38.0 Å². The van der Waals surface area contributed by atoms with Gasteiger partial charge in [0.2, 0.25) is 0 Å². The number of rotatable bonds is 4. The van der Waals surface area contributed by atoms with Gasteiger partial charge in [-0.1, -0.05) is 68.4 Å². The average molecular weight is 240 g/mol. The number of hydrazine groups is 1. The molecule has 0 bridgehead atoms. The molecule has 2 aromatic carbocycles. The summed E-state index contributed by atoms with van der Waals surface area (Å²) in [5, 5.41) is 0. The third kappa shape index (κ3) is 2.78. The van der Waals surface area contributed by atoms with Crippen LogP contribution in [0.15, 0.2) is 54.6 Å². The van der Waals surface area contributed by atoms with Gasteiger partial charge in [0.1, 0.15) is 0 Å². The number of hydrogen-bond donors (Lipinski definition) is 2. The Labute approximate surface area is 109 Å². The number of benzene rings is 2. The van der Waals surface area contributed by atoms with Crippen LogP contribution in [0.25, 0.3) is 0 Å². The molecular weight excluding hydrogens is 220 g/mol. The number of nitrogens with two attached hydrogens (primary N) is 1. The minimum absolute atomic E-state index is 0.0485. The summed E-state index contributed by atoms with van der Waals surface area (Å²) in [5.41, 5.74) is 6.60. The second kappa shape index (κ2) is 5.80. The summed E-state index contributed by atoms with van der Waals surface area (Å²) in [5.74, 6) is 6.24. The van der Waals surface area contributed by atoms with E-state index in [0.717, 1.165) is 0 Å². The predicted molar refractivity (Wildman–Crippen MR) is 76.1 cm³/mol. The highest BCUT2D eigenvalue weighted by atomic mass is 15.2. The molecule has 0 heterocycles. The van der Waals surface area contributed by atoms with Crippen LogP contribution in [0.2, 0.25) is 0 Å². The van der Waals surface area contributed by atoms with Crippen molar-refractivity contribution in [2.24, 2.45) is 5.84 Å². The zero-order valence-corrected chi connectivity index (χ0v) is 10.9. The Kier molecular flexibility index (Phi) is 4.13. The first kappa shape index (κ1) is 12.8. The second-order valence-corrected chi connectivity index (χ2v) is 4.83. The van der Waals surface area contributed by atoms with Gasteiger partial charge in [0.15, 0.2) is 0 Å². The Hall–Kier alpha value is -1.64. The van der Waals surface area contributed by atoms with Crippen molar-refractivity contribution < 1.29 is 0 Å². The van der Waals surface area contributed by atoms with Gasteiger partial charge in [-0.2, -0.15) is 0 Å². The van der Waals surface area contributed by atoms with Gasteiger partial charge in [-0.15, -0.1) is 0 Å². The summed E-state index contributed by atoms with van der Waals surface area (Å²) in [7, 11) is 0. The summed E-state index contributed by atoms with van der Waals surface area (Å²) in [4.78, 5) is 0. The third-order valence-corrected chi connectivity index (χ3v) is 3.24. The van der Waals surface area contributed by atoms with Gasteiger partial charge in [0.05, 0.1) is 6.04 Å². The van der Waals surface area contributed by atoms with Crippen molar-refractivity contribution in [1.29, 1.82) is 0 Å². The smallest absolute Gasteiger partial charge is 0.0710 e. The first-order valence-electron chi connectivity index (χ1n) is 6.33. The molecular formula is C16H20N2. The van der Waals surface area contributed by atoms with Crippen molar-refractivity contribution in [2.45, 2.75) is 25.8 Å². The van der Waals surface area contributed by atoms with E-state index in [0.29, 0.717) is 5.92 Å². The zero-order chi connectivity index (χ0) is 13.0. The molecule has 0 aliphatic rings. The molecule has 2 rings (SSSR count). The molecule has 0 saturated heterocycles. The van der Waals surface area contributed by atoms with Crippen molar-refractivity contribution in [3.05, 3.63) is 71.3 Å². The standard InChI is InChI=1S/C16H20N2/c1-12(2)13-8-10-15(11-9-13)16(18-17)14-6-4-3-5-7-14/h3-12,16,18H,17H2,1-2H3. The zero-order valence-electron chi connectivity index (χ0n) is 10.9. The Morgan fingerprint density at radius 2 is 1.28 bits per heavy atom. The molecule has 0 spiro atoms. The van der Waals surface area contributed by atoms with Gasteiger partial charge >= 0.3 is 0 Å². The van der Waals surface area contributed by atoms with Gasteiger partial charge < -0.3 is 0 Å². The van der Waals surface area contributed by atoms with E-state index in [1.54, 1.807) is 0 Å². The average Bonchev–Trinajstić information content (AvgIpc) is 2.41. The maximum atomic E-state index is 5.68. The largest absolute Gasteiger partial charge is 0.271 e. The van der Waals surface area contributed by atoms with Crippen molar-refractivity contribution in [3.63, 3.8) is 0 Å². The lowest BCUT2D eigenvalue weighted by Gasteiger charge is -2.17. The maximum Gasteiger partial charge on any atom is 0.0710 e. The monoisotopic (exact) mass is 240 g/mol. The van der Waals surface area contributed by atoms with E-state index in [2.05, 4.69) is 55.7 Å². The highest BCUT2D eigenvalue weighted by molar-refractivity contribution is 5.34. The van der Waals surface area contributed by atoms with E-state index >= 15 is 0 Å².